The molecule has 33 heavy (non-hydrogen) atoms. The predicted octanol–water partition coefficient (Wildman–Crippen LogP) is 4.35. The molecule has 0 aliphatic carbocycles. The van der Waals surface area contributed by atoms with Gasteiger partial charge in [-0.1, -0.05) is 35.5 Å². The van der Waals surface area contributed by atoms with Crippen LogP contribution < -0.4 is 20.9 Å². The summed E-state index contributed by atoms with van der Waals surface area (Å²) in [6, 6.07) is 18.6. The lowest BCUT2D eigenvalue weighted by Gasteiger charge is -2.11. The van der Waals surface area contributed by atoms with Gasteiger partial charge in [0.1, 0.15) is 18.1 Å². The number of nitrogen functional groups attached to an aromatic ring is 1. The highest BCUT2D eigenvalue weighted by atomic mass is 16.7. The molecule has 4 N–H and O–H groups in total. The van der Waals surface area contributed by atoms with E-state index in [4.69, 9.17) is 25.8 Å². The van der Waals surface area contributed by atoms with E-state index < -0.39 is 5.97 Å². The van der Waals surface area contributed by atoms with Crippen LogP contribution in [-0.2, 0) is 16.2 Å². The molecule has 0 saturated carbocycles. The largest absolute Gasteiger partial charge is 0.496 e. The number of rotatable bonds is 8. The van der Waals surface area contributed by atoms with Gasteiger partial charge in [0.25, 0.3) is 0 Å². The lowest BCUT2D eigenvalue weighted by atomic mass is 10.1. The Labute approximate surface area is 193 Å². The summed E-state index contributed by atoms with van der Waals surface area (Å²) >= 11 is 0. The molecule has 0 heterocycles. The zero-order valence-corrected chi connectivity index (χ0v) is 18.9. The van der Waals surface area contributed by atoms with E-state index in [1.54, 1.807) is 31.4 Å². The third-order valence-electron chi connectivity index (χ3n) is 4.99. The van der Waals surface area contributed by atoms with Crippen LogP contribution in [0.5, 0.6) is 11.5 Å². The summed E-state index contributed by atoms with van der Waals surface area (Å²) in [4.78, 5) is 17.0. The average Bonchev–Trinajstić information content (AvgIpc) is 2.81. The number of carbonyl (C=O) groups is 1. The number of hydrogen-bond acceptors (Lipinski definition) is 6. The van der Waals surface area contributed by atoms with Crippen molar-refractivity contribution in [2.24, 2.45) is 10.9 Å². The van der Waals surface area contributed by atoms with Crippen molar-refractivity contribution in [2.75, 3.05) is 12.8 Å². The fraction of sp³-hybridized carbons (Fsp3) is 0.154. The number of hydrogen-bond donors (Lipinski definition) is 2. The van der Waals surface area contributed by atoms with Crippen molar-refractivity contribution in [1.82, 2.24) is 0 Å². The van der Waals surface area contributed by atoms with E-state index in [1.165, 1.54) is 6.08 Å². The van der Waals surface area contributed by atoms with Gasteiger partial charge in [-0.25, -0.2) is 4.79 Å². The first-order valence-corrected chi connectivity index (χ1v) is 10.3. The van der Waals surface area contributed by atoms with Gasteiger partial charge in [-0.15, -0.1) is 0 Å². The second-order valence-corrected chi connectivity index (χ2v) is 7.42. The first kappa shape index (κ1) is 23.4. The maximum Gasteiger partial charge on any atom is 0.358 e. The first-order chi connectivity index (χ1) is 15.9. The zero-order valence-electron chi connectivity index (χ0n) is 18.9. The fourth-order valence-electron chi connectivity index (χ4n) is 3.15. The standard InChI is InChI=1S/C26H27N3O4/c1-17-6-4-7-21(14-17)32-16-20-15-19(10-12-24(20)31-3)11-13-25(30)33-29-26(28)22-8-5-9-23(27)18(22)2/h4-15H,16,27H2,1-3H3,(H2,28,29)/b13-11-. The Bertz CT molecular complexity index is 1200. The summed E-state index contributed by atoms with van der Waals surface area (Å²) in [5.41, 5.74) is 16.5. The molecule has 0 unspecified atom stereocenters. The second-order valence-electron chi connectivity index (χ2n) is 7.42. The molecule has 170 valence electrons. The SMILES string of the molecule is COc1ccc(/C=C\C(=O)O/N=C(\N)c2cccc(N)c2C)cc1COc1cccc(C)c1. The lowest BCUT2D eigenvalue weighted by Crippen LogP contribution is -2.16. The fourth-order valence-corrected chi connectivity index (χ4v) is 3.15. The van der Waals surface area contributed by atoms with Gasteiger partial charge in [0.05, 0.1) is 7.11 Å². The van der Waals surface area contributed by atoms with Crippen LogP contribution in [0.25, 0.3) is 6.08 Å². The Balaban J connectivity index is 1.66. The van der Waals surface area contributed by atoms with Crippen molar-refractivity contribution >= 4 is 23.6 Å². The average molecular weight is 446 g/mol. The van der Waals surface area contributed by atoms with Gasteiger partial charge in [-0.2, -0.15) is 0 Å². The van der Waals surface area contributed by atoms with E-state index in [9.17, 15) is 4.79 Å². The highest BCUT2D eigenvalue weighted by Crippen LogP contribution is 2.23. The Hall–Kier alpha value is -4.26. The monoisotopic (exact) mass is 445 g/mol. The maximum atomic E-state index is 12.1. The maximum absolute atomic E-state index is 12.1. The number of aryl methyl sites for hydroxylation is 1. The van der Waals surface area contributed by atoms with Crippen LogP contribution in [0.4, 0.5) is 5.69 Å². The smallest absolute Gasteiger partial charge is 0.358 e. The molecule has 0 aliphatic heterocycles. The molecule has 3 aromatic carbocycles. The molecule has 7 nitrogen and oxygen atoms in total. The molecule has 0 aliphatic rings. The van der Waals surface area contributed by atoms with E-state index in [0.717, 1.165) is 28.0 Å². The van der Waals surface area contributed by atoms with Crippen molar-refractivity contribution in [2.45, 2.75) is 20.5 Å². The number of anilines is 1. The Morgan fingerprint density at radius 3 is 2.61 bits per heavy atom. The first-order valence-electron chi connectivity index (χ1n) is 10.3. The topological polar surface area (TPSA) is 109 Å². The minimum atomic E-state index is -0.659. The Morgan fingerprint density at radius 2 is 1.85 bits per heavy atom. The van der Waals surface area contributed by atoms with Crippen molar-refractivity contribution < 1.29 is 19.1 Å². The molecule has 7 heteroatoms. The molecule has 3 aromatic rings. The van der Waals surface area contributed by atoms with Gasteiger partial charge < -0.3 is 25.8 Å². The number of carbonyl (C=O) groups excluding carboxylic acids is 1. The van der Waals surface area contributed by atoms with Crippen LogP contribution in [0.1, 0.15) is 27.8 Å². The van der Waals surface area contributed by atoms with E-state index in [0.29, 0.717) is 23.6 Å². The summed E-state index contributed by atoms with van der Waals surface area (Å²) in [6.07, 6.45) is 2.89. The van der Waals surface area contributed by atoms with Crippen molar-refractivity contribution in [3.8, 4) is 11.5 Å². The third kappa shape index (κ3) is 6.36. The van der Waals surface area contributed by atoms with Crippen LogP contribution in [0.3, 0.4) is 0 Å². The molecule has 3 rings (SSSR count). The zero-order chi connectivity index (χ0) is 23.8. The number of nitrogens with two attached hydrogens (primary N) is 2. The summed E-state index contributed by atoms with van der Waals surface area (Å²) in [5, 5.41) is 3.72. The van der Waals surface area contributed by atoms with Crippen LogP contribution in [0.15, 0.2) is 71.9 Å². The second kappa shape index (κ2) is 10.9. The number of amidine groups is 1. The van der Waals surface area contributed by atoms with Gasteiger partial charge in [0.15, 0.2) is 5.84 Å². The van der Waals surface area contributed by atoms with Crippen molar-refractivity contribution in [3.05, 3.63) is 94.6 Å². The molecular formula is C26H27N3O4. The number of nitrogens with zero attached hydrogens (tertiary/aromatic N) is 1. The van der Waals surface area contributed by atoms with Crippen molar-refractivity contribution in [3.63, 3.8) is 0 Å². The molecule has 0 spiro atoms. The predicted molar refractivity (Wildman–Crippen MR) is 130 cm³/mol. The Morgan fingerprint density at radius 1 is 1.06 bits per heavy atom. The van der Waals surface area contributed by atoms with Gasteiger partial charge >= 0.3 is 5.97 Å². The Kier molecular flexibility index (Phi) is 7.70. The quantitative estimate of drug-likeness (QED) is 0.133. The van der Waals surface area contributed by atoms with Crippen LogP contribution in [0, 0.1) is 13.8 Å². The third-order valence-corrected chi connectivity index (χ3v) is 4.99. The molecule has 0 fully saturated rings. The van der Waals surface area contributed by atoms with Crippen molar-refractivity contribution in [1.29, 1.82) is 0 Å². The van der Waals surface area contributed by atoms with E-state index in [1.807, 2.05) is 56.3 Å². The molecule has 0 amide bonds. The molecule has 0 atom stereocenters. The molecular weight excluding hydrogens is 418 g/mol. The van der Waals surface area contributed by atoms with E-state index in [-0.39, 0.29) is 5.84 Å². The van der Waals surface area contributed by atoms with Crippen LogP contribution in [0.2, 0.25) is 0 Å². The number of methoxy groups -OCH3 is 1. The van der Waals surface area contributed by atoms with E-state index >= 15 is 0 Å². The lowest BCUT2D eigenvalue weighted by molar-refractivity contribution is -0.137. The van der Waals surface area contributed by atoms with Gasteiger partial charge in [0.2, 0.25) is 0 Å². The van der Waals surface area contributed by atoms with Gasteiger partial charge in [-0.05, 0) is 66.9 Å². The minimum Gasteiger partial charge on any atom is -0.496 e. The van der Waals surface area contributed by atoms with Gasteiger partial charge in [-0.3, -0.25) is 0 Å². The molecule has 0 bridgehead atoms. The highest BCUT2D eigenvalue weighted by molar-refractivity contribution is 6.00. The molecule has 0 radical (unpaired) electrons. The van der Waals surface area contributed by atoms with E-state index in [2.05, 4.69) is 5.16 Å². The number of benzene rings is 3. The summed E-state index contributed by atoms with van der Waals surface area (Å²) in [5.74, 6) is 0.874. The highest BCUT2D eigenvalue weighted by Gasteiger charge is 2.08. The van der Waals surface area contributed by atoms with Gasteiger partial charge in [0, 0.05) is 22.9 Å². The molecule has 0 aromatic heterocycles. The summed E-state index contributed by atoms with van der Waals surface area (Å²) in [6.45, 7) is 4.14. The summed E-state index contributed by atoms with van der Waals surface area (Å²) < 4.78 is 11.3. The number of oxime groups is 1. The van der Waals surface area contributed by atoms with Crippen LogP contribution in [-0.4, -0.2) is 18.9 Å². The minimum absolute atomic E-state index is 0.0709. The van der Waals surface area contributed by atoms with Crippen LogP contribution >= 0.6 is 0 Å². The number of ether oxygens (including phenoxy) is 2. The molecule has 0 saturated heterocycles. The normalized spacial score (nSPS) is 11.4. The summed E-state index contributed by atoms with van der Waals surface area (Å²) in [7, 11) is 1.60.